The number of nitrogens with zero attached hydrogens (tertiary/aromatic N) is 1. The number of hydrogen-bond donors (Lipinski definition) is 1. The number of esters is 1. The van der Waals surface area contributed by atoms with Gasteiger partial charge in [-0.1, -0.05) is 41.4 Å². The van der Waals surface area contributed by atoms with Crippen molar-refractivity contribution in [3.8, 4) is 0 Å². The summed E-state index contributed by atoms with van der Waals surface area (Å²) >= 11 is 5.75. The molecule has 25 heavy (non-hydrogen) atoms. The fourth-order valence-corrected chi connectivity index (χ4v) is 2.39. The van der Waals surface area contributed by atoms with Gasteiger partial charge in [-0.05, 0) is 38.5 Å². The highest BCUT2D eigenvalue weighted by Gasteiger charge is 2.21. The van der Waals surface area contributed by atoms with Gasteiger partial charge >= 0.3 is 5.97 Å². The zero-order valence-electron chi connectivity index (χ0n) is 14.5. The van der Waals surface area contributed by atoms with Crippen LogP contribution in [0.15, 0.2) is 42.6 Å². The Labute approximate surface area is 152 Å². The van der Waals surface area contributed by atoms with Crippen molar-refractivity contribution in [1.82, 2.24) is 10.3 Å². The number of aryl methyl sites for hydroxylation is 1. The van der Waals surface area contributed by atoms with Gasteiger partial charge < -0.3 is 10.1 Å². The number of nitrogens with one attached hydrogen (secondary N) is 1. The van der Waals surface area contributed by atoms with Crippen molar-refractivity contribution in [2.45, 2.75) is 39.3 Å². The van der Waals surface area contributed by atoms with E-state index in [-0.39, 0.29) is 24.4 Å². The highest BCUT2D eigenvalue weighted by Crippen LogP contribution is 2.19. The third kappa shape index (κ3) is 5.87. The SMILES string of the molecule is Cc1ccc(C(CC(=O)OC(C)C)NC(=O)c2ccc(Cl)nc2)cc1. The standard InChI is InChI=1S/C19H21ClN2O3/c1-12(2)25-18(23)10-16(14-6-4-13(3)5-7-14)22-19(24)15-8-9-17(20)21-11-15/h4-9,11-12,16H,10H2,1-3H3,(H,22,24). The molecule has 6 heteroatoms. The van der Waals surface area contributed by atoms with Gasteiger partial charge in [-0.25, -0.2) is 4.98 Å². The average molecular weight is 361 g/mol. The van der Waals surface area contributed by atoms with Gasteiger partial charge in [-0.15, -0.1) is 0 Å². The number of amides is 1. The molecule has 2 aromatic rings. The van der Waals surface area contributed by atoms with E-state index in [1.807, 2.05) is 31.2 Å². The molecule has 0 fully saturated rings. The molecule has 0 aliphatic rings. The van der Waals surface area contributed by atoms with Crippen LogP contribution in [0.4, 0.5) is 0 Å². The summed E-state index contributed by atoms with van der Waals surface area (Å²) < 4.78 is 5.21. The molecule has 1 unspecified atom stereocenters. The van der Waals surface area contributed by atoms with Crippen LogP contribution in [-0.2, 0) is 9.53 Å². The van der Waals surface area contributed by atoms with E-state index in [1.54, 1.807) is 26.0 Å². The van der Waals surface area contributed by atoms with Crippen LogP contribution >= 0.6 is 11.6 Å². The number of carbonyl (C=O) groups excluding carboxylic acids is 2. The maximum Gasteiger partial charge on any atom is 0.308 e. The Morgan fingerprint density at radius 3 is 2.40 bits per heavy atom. The van der Waals surface area contributed by atoms with Gasteiger partial charge in [0.1, 0.15) is 5.15 Å². The number of carbonyl (C=O) groups is 2. The van der Waals surface area contributed by atoms with Gasteiger partial charge in [0.05, 0.1) is 24.1 Å². The summed E-state index contributed by atoms with van der Waals surface area (Å²) in [5, 5.41) is 3.18. The number of benzene rings is 1. The Hall–Kier alpha value is -2.40. The maximum atomic E-state index is 12.5. The molecule has 1 atom stereocenters. The van der Waals surface area contributed by atoms with Crippen LogP contribution < -0.4 is 5.32 Å². The normalized spacial score (nSPS) is 11.9. The predicted molar refractivity (Wildman–Crippen MR) is 96.5 cm³/mol. The van der Waals surface area contributed by atoms with Crippen molar-refractivity contribution < 1.29 is 14.3 Å². The minimum Gasteiger partial charge on any atom is -0.463 e. The highest BCUT2D eigenvalue weighted by molar-refractivity contribution is 6.29. The Morgan fingerprint density at radius 1 is 1.16 bits per heavy atom. The topological polar surface area (TPSA) is 68.3 Å². The number of halogens is 1. The van der Waals surface area contributed by atoms with E-state index in [0.29, 0.717) is 10.7 Å². The van der Waals surface area contributed by atoms with Crippen molar-refractivity contribution in [3.05, 3.63) is 64.4 Å². The Bertz CT molecular complexity index is 727. The molecule has 0 saturated heterocycles. The molecule has 0 saturated carbocycles. The second-order valence-corrected chi connectivity index (χ2v) is 6.44. The lowest BCUT2D eigenvalue weighted by Gasteiger charge is -2.19. The number of hydrogen-bond acceptors (Lipinski definition) is 4. The number of rotatable bonds is 6. The van der Waals surface area contributed by atoms with E-state index >= 15 is 0 Å². The Kier molecular flexibility index (Phi) is 6.53. The van der Waals surface area contributed by atoms with Crippen LogP contribution in [0.1, 0.15) is 47.8 Å². The highest BCUT2D eigenvalue weighted by atomic mass is 35.5. The molecule has 1 amide bonds. The average Bonchev–Trinajstić information content (AvgIpc) is 2.54. The first-order valence-electron chi connectivity index (χ1n) is 8.03. The summed E-state index contributed by atoms with van der Waals surface area (Å²) in [4.78, 5) is 28.4. The molecule has 5 nitrogen and oxygen atoms in total. The van der Waals surface area contributed by atoms with E-state index in [9.17, 15) is 9.59 Å². The molecular weight excluding hydrogens is 340 g/mol. The molecule has 0 aliphatic carbocycles. The lowest BCUT2D eigenvalue weighted by atomic mass is 10.0. The summed E-state index contributed by atoms with van der Waals surface area (Å²) in [7, 11) is 0. The van der Waals surface area contributed by atoms with Crippen molar-refractivity contribution >= 4 is 23.5 Å². The zero-order chi connectivity index (χ0) is 18.4. The van der Waals surface area contributed by atoms with E-state index in [2.05, 4.69) is 10.3 Å². The Balaban J connectivity index is 2.18. The molecule has 0 aliphatic heterocycles. The lowest BCUT2D eigenvalue weighted by Crippen LogP contribution is -2.31. The van der Waals surface area contributed by atoms with Crippen LogP contribution in [0.5, 0.6) is 0 Å². The molecule has 1 aromatic heterocycles. The molecule has 132 valence electrons. The van der Waals surface area contributed by atoms with Crippen LogP contribution in [0.3, 0.4) is 0 Å². The summed E-state index contributed by atoms with van der Waals surface area (Å²) in [5.41, 5.74) is 2.31. The van der Waals surface area contributed by atoms with Gasteiger partial charge in [-0.3, -0.25) is 9.59 Å². The molecule has 0 bridgehead atoms. The first-order chi connectivity index (χ1) is 11.8. The fraction of sp³-hybridized carbons (Fsp3) is 0.316. The van der Waals surface area contributed by atoms with Gasteiger partial charge in [0.25, 0.3) is 5.91 Å². The smallest absolute Gasteiger partial charge is 0.308 e. The third-order valence-electron chi connectivity index (χ3n) is 3.51. The van der Waals surface area contributed by atoms with E-state index in [0.717, 1.165) is 11.1 Å². The van der Waals surface area contributed by atoms with Gasteiger partial charge in [0, 0.05) is 6.20 Å². The fourth-order valence-electron chi connectivity index (χ4n) is 2.28. The van der Waals surface area contributed by atoms with E-state index in [4.69, 9.17) is 16.3 Å². The van der Waals surface area contributed by atoms with Crippen molar-refractivity contribution in [1.29, 1.82) is 0 Å². The quantitative estimate of drug-likeness (QED) is 0.627. The summed E-state index contributed by atoms with van der Waals surface area (Å²) in [6.45, 7) is 5.55. The minimum absolute atomic E-state index is 0.0496. The largest absolute Gasteiger partial charge is 0.463 e. The van der Waals surface area contributed by atoms with E-state index < -0.39 is 6.04 Å². The maximum absolute atomic E-state index is 12.5. The molecule has 1 N–H and O–H groups in total. The minimum atomic E-state index is -0.491. The lowest BCUT2D eigenvalue weighted by molar-refractivity contribution is -0.147. The molecule has 1 aromatic carbocycles. The van der Waals surface area contributed by atoms with Gasteiger partial charge in [0.15, 0.2) is 0 Å². The van der Waals surface area contributed by atoms with Crippen molar-refractivity contribution in [2.75, 3.05) is 0 Å². The number of aromatic nitrogens is 1. The summed E-state index contributed by atoms with van der Waals surface area (Å²) in [6, 6.07) is 10.3. The van der Waals surface area contributed by atoms with Gasteiger partial charge in [0.2, 0.25) is 0 Å². The molecular formula is C19H21ClN2O3. The van der Waals surface area contributed by atoms with Crippen LogP contribution in [0.25, 0.3) is 0 Å². The van der Waals surface area contributed by atoms with Crippen molar-refractivity contribution in [2.24, 2.45) is 0 Å². The monoisotopic (exact) mass is 360 g/mol. The van der Waals surface area contributed by atoms with Crippen LogP contribution in [0, 0.1) is 6.92 Å². The van der Waals surface area contributed by atoms with Crippen molar-refractivity contribution in [3.63, 3.8) is 0 Å². The second-order valence-electron chi connectivity index (χ2n) is 6.05. The zero-order valence-corrected chi connectivity index (χ0v) is 15.2. The number of pyridine rings is 1. The summed E-state index contributed by atoms with van der Waals surface area (Å²) in [5.74, 6) is -0.692. The van der Waals surface area contributed by atoms with Gasteiger partial charge in [-0.2, -0.15) is 0 Å². The first kappa shape index (κ1) is 18.9. The third-order valence-corrected chi connectivity index (χ3v) is 3.74. The molecule has 2 rings (SSSR count). The predicted octanol–water partition coefficient (Wildman–Crippen LogP) is 3.86. The molecule has 0 radical (unpaired) electrons. The second kappa shape index (κ2) is 8.62. The number of ether oxygens (including phenoxy) is 1. The van der Waals surface area contributed by atoms with Crippen LogP contribution in [0.2, 0.25) is 5.15 Å². The molecule has 0 spiro atoms. The van der Waals surface area contributed by atoms with Crippen LogP contribution in [-0.4, -0.2) is 23.0 Å². The first-order valence-corrected chi connectivity index (χ1v) is 8.41. The summed E-state index contributed by atoms with van der Waals surface area (Å²) in [6.07, 6.45) is 1.24. The molecule has 1 heterocycles. The Morgan fingerprint density at radius 2 is 1.84 bits per heavy atom. The van der Waals surface area contributed by atoms with E-state index in [1.165, 1.54) is 6.20 Å².